The van der Waals surface area contributed by atoms with E-state index in [1.54, 1.807) is 0 Å². The van der Waals surface area contributed by atoms with Crippen LogP contribution in [0.1, 0.15) is 38.5 Å². The highest BCUT2D eigenvalue weighted by atomic mass is 16.5. The maximum absolute atomic E-state index is 12.4. The third kappa shape index (κ3) is 4.18. The summed E-state index contributed by atoms with van der Waals surface area (Å²) in [7, 11) is 0. The fourth-order valence-corrected chi connectivity index (χ4v) is 3.03. The number of hydrogen-bond donors (Lipinski definition) is 2. The molecule has 2 amide bonds. The third-order valence-electron chi connectivity index (χ3n) is 4.13. The zero-order valence-electron chi connectivity index (χ0n) is 12.0. The van der Waals surface area contributed by atoms with Gasteiger partial charge in [0.2, 0.25) is 11.8 Å². The first-order chi connectivity index (χ1) is 9.70. The van der Waals surface area contributed by atoms with Gasteiger partial charge in [-0.05, 0) is 25.7 Å². The summed E-state index contributed by atoms with van der Waals surface area (Å²) < 4.78 is 5.64. The third-order valence-corrected chi connectivity index (χ3v) is 4.13. The van der Waals surface area contributed by atoms with Crippen LogP contribution >= 0.6 is 0 Å². The van der Waals surface area contributed by atoms with Gasteiger partial charge in [0.15, 0.2) is 0 Å². The second kappa shape index (κ2) is 7.59. The standard InChI is InChI=1S/C14H25N3O3/c15-8-13(18)16-9-14(19)17(11-4-1-2-5-11)10-12-6-3-7-20-12/h11-12H,1-10,15H2,(H,16,18). The zero-order chi connectivity index (χ0) is 14.4. The van der Waals surface area contributed by atoms with Gasteiger partial charge in [-0.2, -0.15) is 0 Å². The van der Waals surface area contributed by atoms with E-state index in [-0.39, 0.29) is 31.0 Å². The molecule has 1 saturated heterocycles. The van der Waals surface area contributed by atoms with Crippen LogP contribution in [-0.2, 0) is 14.3 Å². The van der Waals surface area contributed by atoms with Gasteiger partial charge in [0, 0.05) is 19.2 Å². The summed E-state index contributed by atoms with van der Waals surface area (Å²) in [5, 5.41) is 2.56. The smallest absolute Gasteiger partial charge is 0.242 e. The van der Waals surface area contributed by atoms with Crippen LogP contribution < -0.4 is 11.1 Å². The van der Waals surface area contributed by atoms with Crippen molar-refractivity contribution in [1.82, 2.24) is 10.2 Å². The first-order valence-electron chi connectivity index (χ1n) is 7.58. The molecule has 0 bridgehead atoms. The summed E-state index contributed by atoms with van der Waals surface area (Å²) in [5.74, 6) is -0.309. The summed E-state index contributed by atoms with van der Waals surface area (Å²) in [6, 6.07) is 0.307. The molecule has 6 nitrogen and oxygen atoms in total. The Morgan fingerprint density at radius 2 is 1.95 bits per heavy atom. The van der Waals surface area contributed by atoms with Gasteiger partial charge in [-0.3, -0.25) is 9.59 Å². The average Bonchev–Trinajstić information content (AvgIpc) is 3.14. The Morgan fingerprint density at radius 3 is 2.55 bits per heavy atom. The minimum Gasteiger partial charge on any atom is -0.376 e. The predicted molar refractivity (Wildman–Crippen MR) is 75.0 cm³/mol. The van der Waals surface area contributed by atoms with E-state index < -0.39 is 0 Å². The SMILES string of the molecule is NCC(=O)NCC(=O)N(CC1CCCO1)C1CCCC1. The number of hydrogen-bond acceptors (Lipinski definition) is 4. The molecule has 1 heterocycles. The summed E-state index contributed by atoms with van der Waals surface area (Å²) in [4.78, 5) is 25.4. The lowest BCUT2D eigenvalue weighted by Gasteiger charge is -2.31. The van der Waals surface area contributed by atoms with Crippen molar-refractivity contribution in [3.05, 3.63) is 0 Å². The van der Waals surface area contributed by atoms with Gasteiger partial charge in [-0.25, -0.2) is 0 Å². The summed E-state index contributed by atoms with van der Waals surface area (Å²) in [6.45, 7) is 1.41. The number of ether oxygens (including phenoxy) is 1. The van der Waals surface area contributed by atoms with Gasteiger partial charge in [0.25, 0.3) is 0 Å². The maximum Gasteiger partial charge on any atom is 0.242 e. The van der Waals surface area contributed by atoms with Crippen LogP contribution in [0.25, 0.3) is 0 Å². The molecule has 0 aromatic rings. The van der Waals surface area contributed by atoms with Crippen molar-refractivity contribution in [2.75, 3.05) is 26.2 Å². The first kappa shape index (κ1) is 15.3. The fourth-order valence-electron chi connectivity index (χ4n) is 3.03. The molecule has 1 atom stereocenters. The number of nitrogens with zero attached hydrogens (tertiary/aromatic N) is 1. The van der Waals surface area contributed by atoms with E-state index >= 15 is 0 Å². The van der Waals surface area contributed by atoms with E-state index in [0.717, 1.165) is 32.3 Å². The molecule has 1 aliphatic heterocycles. The van der Waals surface area contributed by atoms with E-state index in [2.05, 4.69) is 5.32 Å². The van der Waals surface area contributed by atoms with E-state index in [9.17, 15) is 9.59 Å². The molecule has 1 aliphatic carbocycles. The molecule has 2 aliphatic rings. The Bertz CT molecular complexity index is 337. The van der Waals surface area contributed by atoms with Gasteiger partial charge in [0.05, 0.1) is 19.2 Å². The molecule has 0 radical (unpaired) electrons. The lowest BCUT2D eigenvalue weighted by atomic mass is 10.1. The fraction of sp³-hybridized carbons (Fsp3) is 0.857. The van der Waals surface area contributed by atoms with Crippen molar-refractivity contribution in [1.29, 1.82) is 0 Å². The summed E-state index contributed by atoms with van der Waals surface area (Å²) >= 11 is 0. The van der Waals surface area contributed by atoms with Crippen LogP contribution in [-0.4, -0.2) is 55.1 Å². The minimum absolute atomic E-state index is 0.0193. The number of amides is 2. The molecule has 20 heavy (non-hydrogen) atoms. The highest BCUT2D eigenvalue weighted by molar-refractivity contribution is 5.85. The Morgan fingerprint density at radius 1 is 1.20 bits per heavy atom. The molecule has 3 N–H and O–H groups in total. The Kier molecular flexibility index (Phi) is 5.79. The lowest BCUT2D eigenvalue weighted by Crippen LogP contribution is -2.48. The number of nitrogens with two attached hydrogens (primary N) is 1. The van der Waals surface area contributed by atoms with Crippen molar-refractivity contribution in [3.63, 3.8) is 0 Å². The highest BCUT2D eigenvalue weighted by Gasteiger charge is 2.30. The van der Waals surface area contributed by atoms with Gasteiger partial charge in [0.1, 0.15) is 0 Å². The Balaban J connectivity index is 1.89. The number of rotatable bonds is 6. The van der Waals surface area contributed by atoms with Gasteiger partial charge in [-0.1, -0.05) is 12.8 Å². The predicted octanol–water partition coefficient (Wildman–Crippen LogP) is 0.0115. The van der Waals surface area contributed by atoms with E-state index in [1.165, 1.54) is 12.8 Å². The molecule has 6 heteroatoms. The van der Waals surface area contributed by atoms with Crippen LogP contribution in [0.2, 0.25) is 0 Å². The normalized spacial score (nSPS) is 22.9. The minimum atomic E-state index is -0.290. The summed E-state index contributed by atoms with van der Waals surface area (Å²) in [5.41, 5.74) is 5.23. The molecule has 2 fully saturated rings. The molecular weight excluding hydrogens is 258 g/mol. The first-order valence-corrected chi connectivity index (χ1v) is 7.58. The van der Waals surface area contributed by atoms with Gasteiger partial charge >= 0.3 is 0 Å². The van der Waals surface area contributed by atoms with Crippen LogP contribution in [0.15, 0.2) is 0 Å². The van der Waals surface area contributed by atoms with E-state index in [0.29, 0.717) is 12.6 Å². The molecule has 0 spiro atoms. The topological polar surface area (TPSA) is 84.7 Å². The number of nitrogens with one attached hydrogen (secondary N) is 1. The molecule has 2 rings (SSSR count). The Hall–Kier alpha value is -1.14. The number of carbonyl (C=O) groups excluding carboxylic acids is 2. The van der Waals surface area contributed by atoms with Crippen molar-refractivity contribution < 1.29 is 14.3 Å². The second-order valence-corrected chi connectivity index (χ2v) is 5.60. The molecule has 1 unspecified atom stereocenters. The van der Waals surface area contributed by atoms with Crippen LogP contribution in [0.4, 0.5) is 0 Å². The van der Waals surface area contributed by atoms with E-state index in [1.807, 2.05) is 4.90 Å². The molecule has 0 aromatic carbocycles. The molecule has 114 valence electrons. The maximum atomic E-state index is 12.4. The zero-order valence-corrected chi connectivity index (χ0v) is 12.0. The van der Waals surface area contributed by atoms with Crippen molar-refractivity contribution in [2.24, 2.45) is 5.73 Å². The quantitative estimate of drug-likeness (QED) is 0.719. The van der Waals surface area contributed by atoms with Gasteiger partial charge < -0.3 is 20.7 Å². The van der Waals surface area contributed by atoms with Crippen molar-refractivity contribution in [3.8, 4) is 0 Å². The van der Waals surface area contributed by atoms with Crippen LogP contribution in [0.5, 0.6) is 0 Å². The molecular formula is C14H25N3O3. The van der Waals surface area contributed by atoms with Crippen molar-refractivity contribution >= 4 is 11.8 Å². The largest absolute Gasteiger partial charge is 0.376 e. The summed E-state index contributed by atoms with van der Waals surface area (Å²) in [6.07, 6.45) is 6.72. The molecule has 0 aromatic heterocycles. The van der Waals surface area contributed by atoms with Crippen LogP contribution in [0, 0.1) is 0 Å². The van der Waals surface area contributed by atoms with Crippen LogP contribution in [0.3, 0.4) is 0 Å². The monoisotopic (exact) mass is 283 g/mol. The molecule has 1 saturated carbocycles. The Labute approximate surface area is 120 Å². The van der Waals surface area contributed by atoms with E-state index in [4.69, 9.17) is 10.5 Å². The van der Waals surface area contributed by atoms with Crippen molar-refractivity contribution in [2.45, 2.75) is 50.7 Å². The average molecular weight is 283 g/mol. The number of carbonyl (C=O) groups is 2. The second-order valence-electron chi connectivity index (χ2n) is 5.60. The highest BCUT2D eigenvalue weighted by Crippen LogP contribution is 2.25. The lowest BCUT2D eigenvalue weighted by molar-refractivity contribution is -0.136. The van der Waals surface area contributed by atoms with Gasteiger partial charge in [-0.15, -0.1) is 0 Å².